The van der Waals surface area contributed by atoms with E-state index in [0.717, 1.165) is 63.8 Å². The van der Waals surface area contributed by atoms with Crippen molar-refractivity contribution in [2.75, 3.05) is 11.9 Å². The third kappa shape index (κ3) is 6.39. The summed E-state index contributed by atoms with van der Waals surface area (Å²) in [4.78, 5) is 22.1. The van der Waals surface area contributed by atoms with Crippen LogP contribution >= 0.6 is 40.2 Å². The number of rotatable bonds is 9. The number of carbonyl (C=O) groups excluding carboxylic acids is 1. The first-order valence-electron chi connectivity index (χ1n) is 12.9. The van der Waals surface area contributed by atoms with Crippen molar-refractivity contribution < 1.29 is 9.53 Å². The summed E-state index contributed by atoms with van der Waals surface area (Å²) in [5, 5.41) is 11.0. The number of carbonyl (C=O) groups is 1. The van der Waals surface area contributed by atoms with Crippen molar-refractivity contribution in [3.05, 3.63) is 72.2 Å². The van der Waals surface area contributed by atoms with Gasteiger partial charge in [0, 0.05) is 46.1 Å². The van der Waals surface area contributed by atoms with Gasteiger partial charge in [0.05, 0.1) is 18.3 Å². The molecule has 6 rings (SSSR count). The molecule has 8 nitrogen and oxygen atoms in total. The lowest BCUT2D eigenvalue weighted by atomic mass is 10.1. The van der Waals surface area contributed by atoms with Gasteiger partial charge in [0.1, 0.15) is 11.6 Å². The molecular weight excluding hydrogens is 642 g/mol. The Hall–Kier alpha value is -2.69. The third-order valence-corrected chi connectivity index (χ3v) is 9.78. The Bertz CT molecular complexity index is 1480. The summed E-state index contributed by atoms with van der Waals surface area (Å²) in [6.07, 6.45) is 9.02. The zero-order valence-electron chi connectivity index (χ0n) is 21.2. The highest BCUT2D eigenvalue weighted by Gasteiger charge is 2.21. The molecule has 2 aromatic carbocycles. The molecule has 1 aliphatic heterocycles. The average molecular weight is 671 g/mol. The minimum absolute atomic E-state index is 0.00366. The Morgan fingerprint density at radius 3 is 2.72 bits per heavy atom. The maximum absolute atomic E-state index is 12.3. The van der Waals surface area contributed by atoms with E-state index in [1.165, 1.54) is 12.8 Å². The molecule has 1 aliphatic carbocycles. The maximum atomic E-state index is 12.3. The fourth-order valence-corrected chi connectivity index (χ4v) is 7.02. The third-order valence-electron chi connectivity index (χ3n) is 6.91. The van der Waals surface area contributed by atoms with Crippen molar-refractivity contribution in [3.8, 4) is 28.3 Å². The van der Waals surface area contributed by atoms with Crippen LogP contribution in [-0.4, -0.2) is 38.1 Å². The van der Waals surface area contributed by atoms with Gasteiger partial charge in [0.25, 0.3) is 5.91 Å². The zero-order chi connectivity index (χ0) is 26.6. The molecule has 1 fully saturated rings. The smallest absolute Gasteiger partial charge is 0.258 e. The van der Waals surface area contributed by atoms with Crippen molar-refractivity contribution in [2.45, 2.75) is 43.2 Å². The van der Waals surface area contributed by atoms with E-state index in [2.05, 4.69) is 68.2 Å². The molecule has 4 aromatic rings. The van der Waals surface area contributed by atoms with Crippen LogP contribution in [0.2, 0.25) is 0 Å². The second-order valence-electron chi connectivity index (χ2n) is 9.64. The minimum atomic E-state index is -0.0742. The lowest BCUT2D eigenvalue weighted by molar-refractivity contribution is -0.123. The van der Waals surface area contributed by atoms with Crippen molar-refractivity contribution in [3.63, 3.8) is 0 Å². The Balaban J connectivity index is 1.18. The van der Waals surface area contributed by atoms with E-state index in [4.69, 9.17) is 14.7 Å². The van der Waals surface area contributed by atoms with Crippen molar-refractivity contribution >= 4 is 57.6 Å². The van der Waals surface area contributed by atoms with Crippen LogP contribution < -0.4 is 15.4 Å². The standard InChI is InChI=1S/C28H28IN6O2PS/c29-38-35-14-20(13-30-35)18-8-10-22(11-9-18)32-28-24-16-39-17-25(24)33-27(34-28)19-4-3-7-23(12-19)37-15-26(36)31-21-5-1-2-6-21/h3-4,7-14,21,38H,1-2,5-6,15-17H2,(H,31,36)(H,32,33,34). The van der Waals surface area contributed by atoms with E-state index in [-0.39, 0.29) is 18.6 Å². The highest BCUT2D eigenvalue weighted by molar-refractivity contribution is 14.2. The molecule has 0 radical (unpaired) electrons. The summed E-state index contributed by atoms with van der Waals surface area (Å²) < 4.78 is 7.76. The van der Waals surface area contributed by atoms with Gasteiger partial charge in [0.2, 0.25) is 0 Å². The molecule has 1 amide bonds. The summed E-state index contributed by atoms with van der Waals surface area (Å²) >= 11 is 4.16. The molecule has 200 valence electrons. The number of benzene rings is 2. The molecule has 11 heteroatoms. The summed E-state index contributed by atoms with van der Waals surface area (Å²) in [6, 6.07) is 16.3. The number of nitrogens with zero attached hydrogens (tertiary/aromatic N) is 4. The monoisotopic (exact) mass is 670 g/mol. The van der Waals surface area contributed by atoms with Gasteiger partial charge in [-0.3, -0.25) is 4.79 Å². The first-order valence-corrected chi connectivity index (χ1v) is 18.1. The van der Waals surface area contributed by atoms with Crippen LogP contribution in [0.15, 0.2) is 60.9 Å². The molecule has 2 N–H and O–H groups in total. The molecule has 1 unspecified atom stereocenters. The van der Waals surface area contributed by atoms with Crippen LogP contribution in [0.4, 0.5) is 11.5 Å². The Morgan fingerprint density at radius 2 is 1.92 bits per heavy atom. The van der Waals surface area contributed by atoms with Gasteiger partial charge in [-0.2, -0.15) is 16.9 Å². The number of anilines is 2. The van der Waals surface area contributed by atoms with Crippen LogP contribution in [0, 0.1) is 0 Å². The van der Waals surface area contributed by atoms with Gasteiger partial charge in [0.15, 0.2) is 12.4 Å². The van der Waals surface area contributed by atoms with Crippen molar-refractivity contribution in [1.29, 1.82) is 0 Å². The zero-order valence-corrected chi connectivity index (χ0v) is 25.2. The molecule has 0 spiro atoms. The molecule has 39 heavy (non-hydrogen) atoms. The van der Waals surface area contributed by atoms with Crippen LogP contribution in [-0.2, 0) is 16.3 Å². The van der Waals surface area contributed by atoms with Crippen LogP contribution in [0.1, 0.15) is 36.9 Å². The van der Waals surface area contributed by atoms with Gasteiger partial charge >= 0.3 is 0 Å². The molecule has 2 aliphatic rings. The topological polar surface area (TPSA) is 94.0 Å². The van der Waals surface area contributed by atoms with E-state index in [1.807, 2.05) is 46.7 Å². The highest BCUT2D eigenvalue weighted by Crippen LogP contribution is 2.36. The van der Waals surface area contributed by atoms with Crippen LogP contribution in [0.5, 0.6) is 5.75 Å². The number of aromatic nitrogens is 4. The number of nitrogens with one attached hydrogen (secondary N) is 2. The summed E-state index contributed by atoms with van der Waals surface area (Å²) in [7, 11) is 0. The predicted molar refractivity (Wildman–Crippen MR) is 167 cm³/mol. The maximum Gasteiger partial charge on any atom is 0.258 e. The summed E-state index contributed by atoms with van der Waals surface area (Å²) in [6.45, 7) is 0.00366. The van der Waals surface area contributed by atoms with E-state index in [9.17, 15) is 4.79 Å². The number of hydrogen-bond acceptors (Lipinski definition) is 7. The van der Waals surface area contributed by atoms with Gasteiger partial charge in [-0.15, -0.1) is 0 Å². The second kappa shape index (κ2) is 12.2. The quantitative estimate of drug-likeness (QED) is 0.151. The number of thioether (sulfide) groups is 1. The molecule has 1 atom stereocenters. The molecular formula is C28H28IN6O2PS. The molecule has 0 bridgehead atoms. The average Bonchev–Trinajstić information content (AvgIpc) is 3.75. The SMILES string of the molecule is O=C(COc1cccc(-c2nc3c(c(Nc4ccc(-c5cnn(PI)c5)cc4)n2)CSC3)c1)NC1CCCC1. The molecule has 3 heterocycles. The van der Waals surface area contributed by atoms with Crippen LogP contribution in [0.3, 0.4) is 0 Å². The van der Waals surface area contributed by atoms with Crippen molar-refractivity contribution in [1.82, 2.24) is 24.8 Å². The molecule has 0 saturated heterocycles. The number of hydrogen-bond donors (Lipinski definition) is 2. The number of fused-ring (bicyclic) bond motifs is 1. The molecule has 1 saturated carbocycles. The number of amides is 1. The first-order chi connectivity index (χ1) is 19.1. The fourth-order valence-electron chi connectivity index (χ4n) is 4.90. The fraction of sp³-hybridized carbons (Fsp3) is 0.286. The normalized spacial score (nSPS) is 15.1. The first kappa shape index (κ1) is 26.5. The minimum Gasteiger partial charge on any atom is -0.484 e. The number of halogens is 1. The van der Waals surface area contributed by atoms with Gasteiger partial charge in [-0.1, -0.05) is 37.1 Å². The van der Waals surface area contributed by atoms with E-state index >= 15 is 0 Å². The van der Waals surface area contributed by atoms with E-state index in [0.29, 0.717) is 17.9 Å². The Labute approximate surface area is 246 Å². The van der Waals surface area contributed by atoms with E-state index in [1.54, 1.807) is 0 Å². The summed E-state index contributed by atoms with van der Waals surface area (Å²) in [5.41, 5.74) is 6.25. The van der Waals surface area contributed by atoms with E-state index < -0.39 is 0 Å². The lowest BCUT2D eigenvalue weighted by Crippen LogP contribution is -2.36. The largest absolute Gasteiger partial charge is 0.484 e. The molecule has 2 aromatic heterocycles. The highest BCUT2D eigenvalue weighted by atomic mass is 127. The lowest BCUT2D eigenvalue weighted by Gasteiger charge is -2.14. The summed E-state index contributed by atoms with van der Waals surface area (Å²) in [5.74, 6) is 3.76. The van der Waals surface area contributed by atoms with Gasteiger partial charge < -0.3 is 15.4 Å². The predicted octanol–water partition coefficient (Wildman–Crippen LogP) is 6.73. The Kier molecular flexibility index (Phi) is 8.32. The number of ether oxygens (including phenoxy) is 1. The van der Waals surface area contributed by atoms with Crippen LogP contribution in [0.25, 0.3) is 22.5 Å². The Morgan fingerprint density at radius 1 is 1.08 bits per heavy atom. The second-order valence-corrected chi connectivity index (χ2v) is 12.7. The van der Waals surface area contributed by atoms with Gasteiger partial charge in [-0.25, -0.2) is 14.4 Å². The van der Waals surface area contributed by atoms with Gasteiger partial charge in [-0.05, 0) is 64.7 Å². The van der Waals surface area contributed by atoms with Crippen molar-refractivity contribution in [2.24, 2.45) is 0 Å².